The smallest absolute Gasteiger partial charge is 0.335 e. The number of ether oxygens (including phenoxy) is 1. The summed E-state index contributed by atoms with van der Waals surface area (Å²) in [5.41, 5.74) is -1.66. The fourth-order valence-corrected chi connectivity index (χ4v) is 1.94. The largest absolute Gasteiger partial charge is 0.416 e. The van der Waals surface area contributed by atoms with Gasteiger partial charge in [-0.05, 0) is 12.3 Å². The molecule has 0 aromatic heterocycles. The molecule has 0 saturated carbocycles. The van der Waals surface area contributed by atoms with Gasteiger partial charge in [-0.1, -0.05) is 27.4 Å². The van der Waals surface area contributed by atoms with Crippen LogP contribution >= 0.6 is 0 Å². The van der Waals surface area contributed by atoms with Crippen molar-refractivity contribution in [1.82, 2.24) is 0 Å². The second-order valence-electron chi connectivity index (χ2n) is 5.64. The molecule has 1 aromatic rings. The molecule has 0 radical (unpaired) electrons. The summed E-state index contributed by atoms with van der Waals surface area (Å²) in [5.74, 6) is -1.16. The molecule has 8 heteroatoms. The molecule has 0 heterocycles. The van der Waals surface area contributed by atoms with E-state index >= 15 is 0 Å². The van der Waals surface area contributed by atoms with Crippen molar-refractivity contribution >= 4 is 17.3 Å². The lowest BCUT2D eigenvalue weighted by molar-refractivity contribution is -0.395. The Bertz CT molecular complexity index is 673. The minimum absolute atomic E-state index is 0.171. The normalized spacial score (nSPS) is 10.9. The van der Waals surface area contributed by atoms with Gasteiger partial charge in [-0.25, -0.2) is 4.79 Å². The SMILES string of the molecule is C=CC(=O)Oc1c(C(C)(C)C)cc([N+](=O)[O-])c(C)c1[N+](=O)[O-]. The highest BCUT2D eigenvalue weighted by molar-refractivity contribution is 5.85. The molecule has 0 unspecified atom stereocenters. The summed E-state index contributed by atoms with van der Waals surface area (Å²) in [7, 11) is 0. The van der Waals surface area contributed by atoms with Gasteiger partial charge in [0.2, 0.25) is 5.75 Å². The molecule has 8 nitrogen and oxygen atoms in total. The van der Waals surface area contributed by atoms with Gasteiger partial charge in [-0.15, -0.1) is 0 Å². The van der Waals surface area contributed by atoms with Crippen LogP contribution in [0.1, 0.15) is 31.9 Å². The Kier molecular flexibility index (Phi) is 4.65. The number of nitrogens with zero attached hydrogens (tertiary/aromatic N) is 2. The fraction of sp³-hybridized carbons (Fsp3) is 0.357. The Morgan fingerprint density at radius 2 is 1.82 bits per heavy atom. The molecule has 0 bridgehead atoms. The molecule has 1 aromatic carbocycles. The van der Waals surface area contributed by atoms with Crippen LogP contribution in [0.25, 0.3) is 0 Å². The maximum atomic E-state index is 11.5. The van der Waals surface area contributed by atoms with Gasteiger partial charge in [-0.2, -0.15) is 0 Å². The summed E-state index contributed by atoms with van der Waals surface area (Å²) in [5, 5.41) is 22.5. The first kappa shape index (κ1) is 17.3. The zero-order valence-corrected chi connectivity index (χ0v) is 12.7. The maximum absolute atomic E-state index is 11.5. The second kappa shape index (κ2) is 5.92. The Morgan fingerprint density at radius 1 is 1.27 bits per heavy atom. The van der Waals surface area contributed by atoms with Crippen molar-refractivity contribution in [2.45, 2.75) is 33.1 Å². The van der Waals surface area contributed by atoms with Crippen molar-refractivity contribution in [3.05, 3.63) is 50.1 Å². The Labute approximate surface area is 126 Å². The lowest BCUT2D eigenvalue weighted by Gasteiger charge is -2.22. The average Bonchev–Trinajstić information content (AvgIpc) is 2.36. The molecule has 0 fully saturated rings. The maximum Gasteiger partial charge on any atom is 0.335 e. The van der Waals surface area contributed by atoms with Crippen LogP contribution in [0.4, 0.5) is 11.4 Å². The van der Waals surface area contributed by atoms with E-state index in [0.29, 0.717) is 0 Å². The molecule has 0 N–H and O–H groups in total. The first-order valence-electron chi connectivity index (χ1n) is 6.31. The van der Waals surface area contributed by atoms with Gasteiger partial charge in [0.15, 0.2) is 0 Å². The Balaban J connectivity index is 3.87. The van der Waals surface area contributed by atoms with Gasteiger partial charge in [0.1, 0.15) is 5.56 Å². The third-order valence-corrected chi connectivity index (χ3v) is 3.04. The van der Waals surface area contributed by atoms with Gasteiger partial charge in [0.25, 0.3) is 5.69 Å². The van der Waals surface area contributed by atoms with Crippen LogP contribution < -0.4 is 4.74 Å². The molecule has 118 valence electrons. The zero-order chi connectivity index (χ0) is 17.2. The first-order valence-corrected chi connectivity index (χ1v) is 6.31. The lowest BCUT2D eigenvalue weighted by Crippen LogP contribution is -2.18. The van der Waals surface area contributed by atoms with Gasteiger partial charge in [-0.3, -0.25) is 20.2 Å². The monoisotopic (exact) mass is 308 g/mol. The molecule has 1 rings (SSSR count). The van der Waals surface area contributed by atoms with Crippen molar-refractivity contribution in [3.63, 3.8) is 0 Å². The quantitative estimate of drug-likeness (QED) is 0.277. The van der Waals surface area contributed by atoms with E-state index in [-0.39, 0.29) is 16.9 Å². The van der Waals surface area contributed by atoms with Gasteiger partial charge in [0, 0.05) is 17.7 Å². The van der Waals surface area contributed by atoms with E-state index in [1.54, 1.807) is 20.8 Å². The summed E-state index contributed by atoms with van der Waals surface area (Å²) in [4.78, 5) is 32.4. The van der Waals surface area contributed by atoms with Crippen LogP contribution in [0, 0.1) is 27.2 Å². The number of hydrogen-bond acceptors (Lipinski definition) is 6. The molecule has 0 amide bonds. The van der Waals surface area contributed by atoms with Gasteiger partial charge in [0.05, 0.1) is 9.85 Å². The van der Waals surface area contributed by atoms with Crippen LogP contribution in [0.5, 0.6) is 5.75 Å². The van der Waals surface area contributed by atoms with Crippen LogP contribution in [0.15, 0.2) is 18.7 Å². The minimum Gasteiger partial charge on any atom is -0.416 e. The van der Waals surface area contributed by atoms with E-state index in [0.717, 1.165) is 6.08 Å². The van der Waals surface area contributed by atoms with Crippen LogP contribution in [-0.4, -0.2) is 15.8 Å². The zero-order valence-electron chi connectivity index (χ0n) is 12.7. The van der Waals surface area contributed by atoms with E-state index < -0.39 is 32.6 Å². The van der Waals surface area contributed by atoms with E-state index in [1.807, 2.05) is 0 Å². The number of nitro benzene ring substituents is 2. The second-order valence-corrected chi connectivity index (χ2v) is 5.64. The average molecular weight is 308 g/mol. The number of esters is 1. The predicted octanol–water partition coefficient (Wildman–Crippen LogP) is 3.20. The standard InChI is InChI=1S/C14H16N2O6/c1-6-11(17)22-13-9(14(3,4)5)7-10(15(18)19)8(2)12(13)16(20)21/h6-7H,1H2,2-5H3. The molecule has 0 aliphatic carbocycles. The molecule has 0 atom stereocenters. The molecule has 0 aliphatic rings. The van der Waals surface area contributed by atoms with Crippen molar-refractivity contribution in [2.75, 3.05) is 0 Å². The fourth-order valence-electron chi connectivity index (χ4n) is 1.94. The Morgan fingerprint density at radius 3 is 2.18 bits per heavy atom. The number of benzene rings is 1. The molecular weight excluding hydrogens is 292 g/mol. The van der Waals surface area contributed by atoms with E-state index in [2.05, 4.69) is 6.58 Å². The number of nitro groups is 2. The molecule has 0 saturated heterocycles. The van der Waals surface area contributed by atoms with Gasteiger partial charge >= 0.3 is 11.7 Å². The third kappa shape index (κ3) is 3.27. The van der Waals surface area contributed by atoms with Crippen molar-refractivity contribution < 1.29 is 19.4 Å². The molecular formula is C14H16N2O6. The summed E-state index contributed by atoms with van der Waals surface area (Å²) < 4.78 is 5.01. The van der Waals surface area contributed by atoms with Crippen LogP contribution in [0.2, 0.25) is 0 Å². The summed E-state index contributed by atoms with van der Waals surface area (Å²) in [6.45, 7) is 9.60. The number of carbonyl (C=O) groups is 1. The van der Waals surface area contributed by atoms with Crippen LogP contribution in [-0.2, 0) is 10.2 Å². The first-order chi connectivity index (χ1) is 10.0. The van der Waals surface area contributed by atoms with E-state index in [1.165, 1.54) is 13.0 Å². The lowest BCUT2D eigenvalue weighted by atomic mass is 9.84. The summed E-state index contributed by atoms with van der Waals surface area (Å²) in [6.07, 6.45) is 0.868. The Hall–Kier alpha value is -2.77. The third-order valence-electron chi connectivity index (χ3n) is 3.04. The predicted molar refractivity (Wildman–Crippen MR) is 79.0 cm³/mol. The van der Waals surface area contributed by atoms with Crippen LogP contribution in [0.3, 0.4) is 0 Å². The number of rotatable bonds is 4. The molecule has 0 aliphatic heterocycles. The minimum atomic E-state index is -0.873. The summed E-state index contributed by atoms with van der Waals surface area (Å²) in [6, 6.07) is 1.20. The van der Waals surface area contributed by atoms with Crippen molar-refractivity contribution in [3.8, 4) is 5.75 Å². The highest BCUT2D eigenvalue weighted by atomic mass is 16.6. The van der Waals surface area contributed by atoms with E-state index in [9.17, 15) is 25.0 Å². The van der Waals surface area contributed by atoms with Crippen molar-refractivity contribution in [1.29, 1.82) is 0 Å². The highest BCUT2D eigenvalue weighted by Gasteiger charge is 2.35. The molecule has 0 spiro atoms. The highest BCUT2D eigenvalue weighted by Crippen LogP contribution is 2.44. The van der Waals surface area contributed by atoms with Gasteiger partial charge < -0.3 is 4.74 Å². The number of hydrogen-bond donors (Lipinski definition) is 0. The topological polar surface area (TPSA) is 113 Å². The van der Waals surface area contributed by atoms with Crippen molar-refractivity contribution in [2.24, 2.45) is 0 Å². The summed E-state index contributed by atoms with van der Waals surface area (Å²) >= 11 is 0. The number of carbonyl (C=O) groups excluding carboxylic acids is 1. The molecule has 22 heavy (non-hydrogen) atoms. The van der Waals surface area contributed by atoms with E-state index in [4.69, 9.17) is 4.74 Å².